The molecule has 1 aromatic heterocycles. The van der Waals surface area contributed by atoms with Gasteiger partial charge in [0, 0.05) is 37.1 Å². The maximum Gasteiger partial charge on any atom is 0.490 e. The predicted octanol–water partition coefficient (Wildman–Crippen LogP) is 4.36. The lowest BCUT2D eigenvalue weighted by atomic mass is 9.81. The van der Waals surface area contributed by atoms with Crippen LogP contribution in [0.15, 0.2) is 47.8 Å². The summed E-state index contributed by atoms with van der Waals surface area (Å²) in [6.07, 6.45) is -1.94. The number of benzene rings is 1. The monoisotopic (exact) mass is 454 g/mol. The van der Waals surface area contributed by atoms with Crippen molar-refractivity contribution in [3.8, 4) is 0 Å². The van der Waals surface area contributed by atoms with Gasteiger partial charge in [-0.25, -0.2) is 4.79 Å². The van der Waals surface area contributed by atoms with Gasteiger partial charge in [0.1, 0.15) is 0 Å². The minimum Gasteiger partial charge on any atom is -0.475 e. The van der Waals surface area contributed by atoms with Crippen LogP contribution in [-0.2, 0) is 16.1 Å². The molecule has 168 valence electrons. The Balaban J connectivity index is 0.000000339. The van der Waals surface area contributed by atoms with E-state index in [0.29, 0.717) is 5.91 Å². The number of alkyl halides is 3. The molecule has 2 saturated heterocycles. The number of aliphatic carboxylic acids is 1. The summed E-state index contributed by atoms with van der Waals surface area (Å²) in [5.41, 5.74) is 1.23. The molecule has 4 rings (SSSR count). The summed E-state index contributed by atoms with van der Waals surface area (Å²) >= 11 is 1.83. The van der Waals surface area contributed by atoms with E-state index in [4.69, 9.17) is 9.90 Å². The number of piperidine rings is 1. The third kappa shape index (κ3) is 5.46. The van der Waals surface area contributed by atoms with Gasteiger partial charge in [0.2, 0.25) is 5.91 Å². The Morgan fingerprint density at radius 1 is 1.16 bits per heavy atom. The van der Waals surface area contributed by atoms with E-state index in [1.807, 2.05) is 36.6 Å². The van der Waals surface area contributed by atoms with Crippen molar-refractivity contribution in [2.75, 3.05) is 20.1 Å². The van der Waals surface area contributed by atoms with Gasteiger partial charge in [0.15, 0.2) is 0 Å². The van der Waals surface area contributed by atoms with E-state index >= 15 is 0 Å². The summed E-state index contributed by atoms with van der Waals surface area (Å²) in [4.78, 5) is 27.8. The van der Waals surface area contributed by atoms with Crippen LogP contribution in [0.5, 0.6) is 0 Å². The fourth-order valence-corrected chi connectivity index (χ4v) is 5.05. The zero-order chi connectivity index (χ0) is 22.6. The number of carboxylic acid groups (broad SMARTS) is 1. The Bertz CT molecular complexity index is 879. The molecule has 1 N–H and O–H groups in total. The molecule has 2 aromatic rings. The van der Waals surface area contributed by atoms with Crippen LogP contribution >= 0.6 is 11.3 Å². The molecule has 2 aliphatic heterocycles. The quantitative estimate of drug-likeness (QED) is 0.749. The smallest absolute Gasteiger partial charge is 0.475 e. The van der Waals surface area contributed by atoms with Crippen LogP contribution in [0.1, 0.15) is 35.6 Å². The number of carboxylic acids is 1. The molecule has 1 aromatic carbocycles. The molecule has 9 heteroatoms. The van der Waals surface area contributed by atoms with Gasteiger partial charge in [-0.3, -0.25) is 9.69 Å². The Kier molecular flexibility index (Phi) is 7.06. The van der Waals surface area contributed by atoms with Crippen LogP contribution in [0.3, 0.4) is 0 Å². The molecule has 1 atom stereocenters. The van der Waals surface area contributed by atoms with Crippen molar-refractivity contribution in [3.05, 3.63) is 58.3 Å². The molecule has 0 radical (unpaired) electrons. The average Bonchev–Trinajstić information content (AvgIpc) is 3.33. The van der Waals surface area contributed by atoms with Gasteiger partial charge in [-0.15, -0.1) is 11.3 Å². The van der Waals surface area contributed by atoms with E-state index in [1.54, 1.807) is 0 Å². The van der Waals surface area contributed by atoms with E-state index < -0.39 is 12.1 Å². The first-order valence-corrected chi connectivity index (χ1v) is 10.9. The van der Waals surface area contributed by atoms with Crippen molar-refractivity contribution < 1.29 is 27.9 Å². The molecule has 2 fully saturated rings. The lowest BCUT2D eigenvalue weighted by Gasteiger charge is -2.43. The second kappa shape index (κ2) is 9.40. The van der Waals surface area contributed by atoms with Crippen molar-refractivity contribution in [1.29, 1.82) is 0 Å². The molecule has 0 aliphatic carbocycles. The Morgan fingerprint density at radius 2 is 1.77 bits per heavy atom. The van der Waals surface area contributed by atoms with Crippen LogP contribution in [0.2, 0.25) is 0 Å². The number of carbonyl (C=O) groups is 2. The second-order valence-corrected chi connectivity index (χ2v) is 8.98. The number of carbonyl (C=O) groups excluding carboxylic acids is 1. The SMILES string of the molecule is CN1C(=O)C(c2ccccc2)CC12CCN(Cc1cccs1)CC2.O=C(O)C(F)(F)F. The number of hydrogen-bond donors (Lipinski definition) is 1. The van der Waals surface area contributed by atoms with E-state index in [2.05, 4.69) is 39.4 Å². The first-order valence-electron chi connectivity index (χ1n) is 10.00. The maximum atomic E-state index is 12.8. The number of likely N-dealkylation sites (N-methyl/N-ethyl adjacent to an activating group) is 1. The number of thiophene rings is 1. The standard InChI is InChI=1S/C20H24N2OS.C2HF3O2/c1-21-19(23)18(16-6-3-2-4-7-16)14-20(21)9-11-22(12-10-20)15-17-8-5-13-24-17;3-2(4,5)1(6)7/h2-8,13,18H,9-12,14-15H2,1H3;(H,6,7). The topological polar surface area (TPSA) is 60.9 Å². The molecule has 0 saturated carbocycles. The molecular weight excluding hydrogens is 429 g/mol. The average molecular weight is 455 g/mol. The molecule has 3 heterocycles. The third-order valence-corrected chi connectivity index (χ3v) is 6.98. The molecular formula is C22H25F3N2O3S. The van der Waals surface area contributed by atoms with Gasteiger partial charge in [-0.1, -0.05) is 36.4 Å². The third-order valence-electron chi connectivity index (χ3n) is 6.12. The molecule has 5 nitrogen and oxygen atoms in total. The van der Waals surface area contributed by atoms with Crippen molar-refractivity contribution in [2.45, 2.75) is 43.4 Å². The van der Waals surface area contributed by atoms with Crippen LogP contribution in [0.25, 0.3) is 0 Å². The largest absolute Gasteiger partial charge is 0.490 e. The van der Waals surface area contributed by atoms with Crippen LogP contribution in [-0.4, -0.2) is 58.6 Å². The number of rotatable bonds is 3. The fourth-order valence-electron chi connectivity index (χ4n) is 4.31. The van der Waals surface area contributed by atoms with Gasteiger partial charge in [0.25, 0.3) is 0 Å². The van der Waals surface area contributed by atoms with Gasteiger partial charge < -0.3 is 10.0 Å². The van der Waals surface area contributed by atoms with Gasteiger partial charge in [-0.05, 0) is 36.3 Å². The minimum absolute atomic E-state index is 0.0417. The number of amides is 1. The molecule has 31 heavy (non-hydrogen) atoms. The molecule has 1 unspecified atom stereocenters. The number of nitrogens with zero attached hydrogens (tertiary/aromatic N) is 2. The molecule has 2 aliphatic rings. The van der Waals surface area contributed by atoms with Crippen molar-refractivity contribution in [2.24, 2.45) is 0 Å². The highest BCUT2D eigenvalue weighted by atomic mass is 32.1. The predicted molar refractivity (Wildman–Crippen MR) is 112 cm³/mol. The fraction of sp³-hybridized carbons (Fsp3) is 0.455. The van der Waals surface area contributed by atoms with Gasteiger partial charge in [0.05, 0.1) is 5.92 Å². The Labute approximate surface area is 183 Å². The van der Waals surface area contributed by atoms with Crippen molar-refractivity contribution in [1.82, 2.24) is 9.80 Å². The number of likely N-dealkylation sites (tertiary alicyclic amines) is 2. The Morgan fingerprint density at radius 3 is 2.29 bits per heavy atom. The van der Waals surface area contributed by atoms with Gasteiger partial charge >= 0.3 is 12.1 Å². The lowest BCUT2D eigenvalue weighted by Crippen LogP contribution is -2.51. The van der Waals surface area contributed by atoms with E-state index in [0.717, 1.165) is 38.9 Å². The van der Waals surface area contributed by atoms with Crippen LogP contribution in [0.4, 0.5) is 13.2 Å². The lowest BCUT2D eigenvalue weighted by molar-refractivity contribution is -0.192. The molecule has 1 spiro atoms. The van der Waals surface area contributed by atoms with Crippen LogP contribution < -0.4 is 0 Å². The summed E-state index contributed by atoms with van der Waals surface area (Å²) in [6.45, 7) is 3.21. The van der Waals surface area contributed by atoms with E-state index in [-0.39, 0.29) is 11.5 Å². The second-order valence-electron chi connectivity index (χ2n) is 7.95. The highest BCUT2D eigenvalue weighted by molar-refractivity contribution is 7.09. The summed E-state index contributed by atoms with van der Waals surface area (Å²) in [5, 5.41) is 9.27. The van der Waals surface area contributed by atoms with E-state index in [1.165, 1.54) is 10.4 Å². The number of hydrogen-bond acceptors (Lipinski definition) is 4. The zero-order valence-corrected chi connectivity index (χ0v) is 18.0. The summed E-state index contributed by atoms with van der Waals surface area (Å²) in [5.74, 6) is -2.42. The minimum atomic E-state index is -5.08. The normalized spacial score (nSPS) is 21.1. The maximum absolute atomic E-state index is 12.8. The van der Waals surface area contributed by atoms with Crippen molar-refractivity contribution in [3.63, 3.8) is 0 Å². The van der Waals surface area contributed by atoms with Crippen LogP contribution in [0, 0.1) is 0 Å². The first kappa shape index (κ1) is 23.3. The first-order chi connectivity index (χ1) is 14.6. The summed E-state index contributed by atoms with van der Waals surface area (Å²) < 4.78 is 31.7. The summed E-state index contributed by atoms with van der Waals surface area (Å²) in [7, 11) is 2.01. The Hall–Kier alpha value is -2.39. The van der Waals surface area contributed by atoms with Gasteiger partial charge in [-0.2, -0.15) is 13.2 Å². The zero-order valence-electron chi connectivity index (χ0n) is 17.1. The summed E-state index contributed by atoms with van der Waals surface area (Å²) in [6, 6.07) is 14.6. The van der Waals surface area contributed by atoms with Crippen molar-refractivity contribution >= 4 is 23.2 Å². The molecule has 0 bridgehead atoms. The van der Waals surface area contributed by atoms with E-state index in [9.17, 15) is 18.0 Å². The highest BCUT2D eigenvalue weighted by Gasteiger charge is 2.50. The molecule has 1 amide bonds. The highest BCUT2D eigenvalue weighted by Crippen LogP contribution is 2.45. The number of halogens is 3.